The van der Waals surface area contributed by atoms with Gasteiger partial charge in [0.1, 0.15) is 0 Å². The van der Waals surface area contributed by atoms with Gasteiger partial charge in [-0.3, -0.25) is 4.79 Å². The molecule has 1 fully saturated rings. The number of rotatable bonds is 6. The second-order valence-electron chi connectivity index (χ2n) is 6.78. The minimum Gasteiger partial charge on any atom is -0.345 e. The van der Waals surface area contributed by atoms with Gasteiger partial charge in [0.05, 0.1) is 4.90 Å². The van der Waals surface area contributed by atoms with E-state index in [-0.39, 0.29) is 28.8 Å². The molecular weight excluding hydrogens is 312 g/mol. The Morgan fingerprint density at radius 3 is 2.26 bits per heavy atom. The second kappa shape index (κ2) is 6.61. The maximum atomic E-state index is 13.1. The highest BCUT2D eigenvalue weighted by Crippen LogP contribution is 2.35. The molecule has 0 aliphatic heterocycles. The van der Waals surface area contributed by atoms with Gasteiger partial charge in [-0.25, -0.2) is 8.42 Å². The van der Waals surface area contributed by atoms with Crippen LogP contribution in [0.4, 0.5) is 0 Å². The van der Waals surface area contributed by atoms with Gasteiger partial charge in [-0.1, -0.05) is 19.9 Å². The first-order valence-electron chi connectivity index (χ1n) is 8.01. The lowest BCUT2D eigenvalue weighted by molar-refractivity contribution is 0.0827. The quantitative estimate of drug-likeness (QED) is 0.801. The van der Waals surface area contributed by atoms with Crippen molar-refractivity contribution in [2.45, 2.75) is 50.6 Å². The predicted molar refractivity (Wildman–Crippen MR) is 90.8 cm³/mol. The van der Waals surface area contributed by atoms with E-state index in [4.69, 9.17) is 0 Å². The Labute approximate surface area is 139 Å². The second-order valence-corrected chi connectivity index (χ2v) is 8.62. The first kappa shape index (κ1) is 17.9. The summed E-state index contributed by atoms with van der Waals surface area (Å²) in [7, 11) is -0.294. The van der Waals surface area contributed by atoms with Crippen LogP contribution in [-0.4, -0.2) is 49.7 Å². The smallest absolute Gasteiger partial charge is 0.253 e. The first-order chi connectivity index (χ1) is 10.7. The van der Waals surface area contributed by atoms with Crippen molar-refractivity contribution < 1.29 is 13.2 Å². The van der Waals surface area contributed by atoms with Crippen molar-refractivity contribution in [3.63, 3.8) is 0 Å². The molecule has 6 heteroatoms. The van der Waals surface area contributed by atoms with Gasteiger partial charge in [0, 0.05) is 31.7 Å². The largest absolute Gasteiger partial charge is 0.345 e. The molecule has 0 heterocycles. The third-order valence-electron chi connectivity index (χ3n) is 4.34. The molecule has 1 atom stereocenters. The van der Waals surface area contributed by atoms with Gasteiger partial charge >= 0.3 is 0 Å². The van der Waals surface area contributed by atoms with Gasteiger partial charge in [0.2, 0.25) is 10.0 Å². The maximum absolute atomic E-state index is 13.1. The summed E-state index contributed by atoms with van der Waals surface area (Å²) in [5, 5.41) is 0. The van der Waals surface area contributed by atoms with Crippen LogP contribution in [0.25, 0.3) is 0 Å². The number of carbonyl (C=O) groups excluding carboxylic acids is 1. The molecule has 0 saturated heterocycles. The van der Waals surface area contributed by atoms with Crippen LogP contribution < -0.4 is 0 Å². The lowest BCUT2D eigenvalue weighted by atomic mass is 10.1. The molecule has 0 N–H and O–H groups in total. The number of amides is 1. The standard InChI is InChI=1S/C17H26N2O3S/c1-12(2)13(3)19(15-9-10-15)23(21,22)16-8-6-7-14(11-16)17(20)18(4)5/h6-8,11-13,15H,9-10H2,1-5H3/t13-/m1/s1. The Balaban J connectivity index is 2.42. The fourth-order valence-corrected chi connectivity index (χ4v) is 4.59. The van der Waals surface area contributed by atoms with Crippen molar-refractivity contribution in [3.05, 3.63) is 29.8 Å². The lowest BCUT2D eigenvalue weighted by Crippen LogP contribution is -2.43. The van der Waals surface area contributed by atoms with E-state index in [0.29, 0.717) is 5.56 Å². The molecule has 0 unspecified atom stereocenters. The predicted octanol–water partition coefficient (Wildman–Crippen LogP) is 2.59. The van der Waals surface area contributed by atoms with E-state index < -0.39 is 10.0 Å². The van der Waals surface area contributed by atoms with E-state index in [1.54, 1.807) is 36.6 Å². The zero-order valence-electron chi connectivity index (χ0n) is 14.5. The van der Waals surface area contributed by atoms with Crippen LogP contribution in [0.15, 0.2) is 29.2 Å². The molecule has 1 aliphatic rings. The van der Waals surface area contributed by atoms with Gasteiger partial charge in [-0.15, -0.1) is 0 Å². The van der Waals surface area contributed by atoms with Crippen LogP contribution in [0.1, 0.15) is 44.0 Å². The Bertz CT molecular complexity index is 679. The highest BCUT2D eigenvalue weighted by Gasteiger charge is 2.42. The average Bonchev–Trinajstić information content (AvgIpc) is 3.30. The van der Waals surface area contributed by atoms with Crippen LogP contribution in [-0.2, 0) is 10.0 Å². The van der Waals surface area contributed by atoms with E-state index in [1.165, 1.54) is 11.0 Å². The van der Waals surface area contributed by atoms with Gasteiger partial charge in [-0.05, 0) is 43.9 Å². The first-order valence-corrected chi connectivity index (χ1v) is 9.45. The SMILES string of the molecule is CC(C)[C@@H](C)N(C1CC1)S(=O)(=O)c1cccc(C(=O)N(C)C)c1. The molecule has 128 valence electrons. The van der Waals surface area contributed by atoms with Crippen molar-refractivity contribution >= 4 is 15.9 Å². The van der Waals surface area contributed by atoms with Crippen molar-refractivity contribution in [3.8, 4) is 0 Å². The van der Waals surface area contributed by atoms with E-state index in [0.717, 1.165) is 12.8 Å². The lowest BCUT2D eigenvalue weighted by Gasteiger charge is -2.31. The molecular formula is C17H26N2O3S. The summed E-state index contributed by atoms with van der Waals surface area (Å²) in [5.41, 5.74) is 0.393. The third kappa shape index (κ3) is 3.75. The zero-order chi connectivity index (χ0) is 17.4. The number of carbonyl (C=O) groups is 1. The maximum Gasteiger partial charge on any atom is 0.253 e. The average molecular weight is 338 g/mol. The van der Waals surface area contributed by atoms with Crippen LogP contribution in [0.3, 0.4) is 0 Å². The summed E-state index contributed by atoms with van der Waals surface area (Å²) in [6, 6.07) is 6.36. The third-order valence-corrected chi connectivity index (χ3v) is 6.37. The number of sulfonamides is 1. The van der Waals surface area contributed by atoms with Crippen LogP contribution in [0.5, 0.6) is 0 Å². The van der Waals surface area contributed by atoms with Crippen molar-refractivity contribution in [1.82, 2.24) is 9.21 Å². The van der Waals surface area contributed by atoms with E-state index in [2.05, 4.69) is 0 Å². The van der Waals surface area contributed by atoms with Crippen LogP contribution >= 0.6 is 0 Å². The van der Waals surface area contributed by atoms with Gasteiger partial charge in [-0.2, -0.15) is 4.31 Å². The van der Waals surface area contributed by atoms with Crippen molar-refractivity contribution in [1.29, 1.82) is 0 Å². The van der Waals surface area contributed by atoms with Crippen molar-refractivity contribution in [2.24, 2.45) is 5.92 Å². The molecule has 1 aliphatic carbocycles. The minimum atomic E-state index is -3.60. The van der Waals surface area contributed by atoms with Crippen LogP contribution in [0.2, 0.25) is 0 Å². The van der Waals surface area contributed by atoms with Gasteiger partial charge in [0.15, 0.2) is 0 Å². The molecule has 0 spiro atoms. The van der Waals surface area contributed by atoms with E-state index >= 15 is 0 Å². The Morgan fingerprint density at radius 2 is 1.78 bits per heavy atom. The monoisotopic (exact) mass is 338 g/mol. The molecule has 5 nitrogen and oxygen atoms in total. The number of hydrogen-bond donors (Lipinski definition) is 0. The Morgan fingerprint density at radius 1 is 1.17 bits per heavy atom. The summed E-state index contributed by atoms with van der Waals surface area (Å²) >= 11 is 0. The molecule has 2 rings (SSSR count). The summed E-state index contributed by atoms with van der Waals surface area (Å²) < 4.78 is 27.8. The molecule has 1 amide bonds. The summed E-state index contributed by atoms with van der Waals surface area (Å²) in [6.45, 7) is 6.01. The molecule has 0 radical (unpaired) electrons. The minimum absolute atomic E-state index is 0.0688. The van der Waals surface area contributed by atoms with Crippen molar-refractivity contribution in [2.75, 3.05) is 14.1 Å². The summed E-state index contributed by atoms with van der Waals surface area (Å²) in [6.07, 6.45) is 1.82. The number of hydrogen-bond acceptors (Lipinski definition) is 3. The van der Waals surface area contributed by atoms with Gasteiger partial charge < -0.3 is 4.90 Å². The van der Waals surface area contributed by atoms with E-state index in [9.17, 15) is 13.2 Å². The zero-order valence-corrected chi connectivity index (χ0v) is 15.3. The topological polar surface area (TPSA) is 57.7 Å². The molecule has 23 heavy (non-hydrogen) atoms. The fourth-order valence-electron chi connectivity index (χ4n) is 2.54. The summed E-state index contributed by atoms with van der Waals surface area (Å²) in [5.74, 6) is 0.0360. The molecule has 1 aromatic rings. The molecule has 1 saturated carbocycles. The highest BCUT2D eigenvalue weighted by molar-refractivity contribution is 7.89. The Hall–Kier alpha value is -1.40. The van der Waals surface area contributed by atoms with Crippen LogP contribution in [0, 0.1) is 5.92 Å². The summed E-state index contributed by atoms with van der Waals surface area (Å²) in [4.78, 5) is 13.7. The number of benzene rings is 1. The molecule has 0 bridgehead atoms. The van der Waals surface area contributed by atoms with Gasteiger partial charge in [0.25, 0.3) is 5.91 Å². The fraction of sp³-hybridized carbons (Fsp3) is 0.588. The highest BCUT2D eigenvalue weighted by atomic mass is 32.2. The molecule has 1 aromatic carbocycles. The number of nitrogens with zero attached hydrogens (tertiary/aromatic N) is 2. The normalized spacial score (nSPS) is 16.7. The molecule has 0 aromatic heterocycles. The Kier molecular flexibility index (Phi) is 5.16. The van der Waals surface area contributed by atoms with E-state index in [1.807, 2.05) is 20.8 Å².